The van der Waals surface area contributed by atoms with Gasteiger partial charge in [0.25, 0.3) is 0 Å². The largest absolute Gasteiger partial charge is 0.493 e. The van der Waals surface area contributed by atoms with Crippen molar-refractivity contribution in [3.63, 3.8) is 0 Å². The highest BCUT2D eigenvalue weighted by atomic mass is 35.5. The number of hydrogen-bond donors (Lipinski definition) is 0. The first kappa shape index (κ1) is 18.6. The molecule has 0 aromatic heterocycles. The molecule has 3 aromatic rings. The van der Waals surface area contributed by atoms with Gasteiger partial charge in [0.1, 0.15) is 6.61 Å². The van der Waals surface area contributed by atoms with Gasteiger partial charge in [-0.1, -0.05) is 60.1 Å². The van der Waals surface area contributed by atoms with Crippen molar-refractivity contribution in [2.75, 3.05) is 7.11 Å². The minimum Gasteiger partial charge on any atom is -0.493 e. The fourth-order valence-electron chi connectivity index (χ4n) is 2.61. The zero-order valence-electron chi connectivity index (χ0n) is 14.9. The van der Waals surface area contributed by atoms with Gasteiger partial charge in [0, 0.05) is 5.02 Å². The lowest BCUT2D eigenvalue weighted by Crippen LogP contribution is -1.98. The zero-order chi connectivity index (χ0) is 19.1. The van der Waals surface area contributed by atoms with Crippen LogP contribution in [0.1, 0.15) is 16.7 Å². The minimum atomic E-state index is 0.437. The number of nitrogens with zero attached hydrogens (tertiary/aromatic N) is 1. The van der Waals surface area contributed by atoms with Gasteiger partial charge < -0.3 is 9.47 Å². The summed E-state index contributed by atoms with van der Waals surface area (Å²) in [6.45, 7) is 0.437. The maximum absolute atomic E-state index is 9.52. The Labute approximate surface area is 164 Å². The first-order valence-corrected chi connectivity index (χ1v) is 8.80. The van der Waals surface area contributed by atoms with Gasteiger partial charge in [-0.15, -0.1) is 0 Å². The molecule has 0 aliphatic heterocycles. The number of rotatable bonds is 6. The molecule has 3 rings (SSSR count). The number of nitriles is 1. The van der Waals surface area contributed by atoms with Crippen molar-refractivity contribution in [1.82, 2.24) is 0 Å². The molecule has 134 valence electrons. The van der Waals surface area contributed by atoms with Gasteiger partial charge >= 0.3 is 0 Å². The lowest BCUT2D eigenvalue weighted by molar-refractivity contribution is 0.284. The van der Waals surface area contributed by atoms with Crippen LogP contribution in [0.15, 0.2) is 72.8 Å². The molecular weight excluding hydrogens is 358 g/mol. The maximum Gasteiger partial charge on any atom is 0.162 e. The highest BCUT2D eigenvalue weighted by Crippen LogP contribution is 2.30. The first-order chi connectivity index (χ1) is 13.2. The number of ether oxygens (including phenoxy) is 2. The standard InChI is InChI=1S/C23H18ClNO2/c1-26-22-12-7-18(13-20(15-25)19-8-10-21(24)11-9-19)14-23(22)27-16-17-5-3-2-4-6-17/h2-14H,16H2,1H3/b20-13-. The van der Waals surface area contributed by atoms with Crippen LogP contribution in [0.3, 0.4) is 0 Å². The number of benzene rings is 3. The topological polar surface area (TPSA) is 42.2 Å². The molecule has 0 spiro atoms. The summed E-state index contributed by atoms with van der Waals surface area (Å²) in [6, 6.07) is 24.9. The molecule has 3 nitrogen and oxygen atoms in total. The van der Waals surface area contributed by atoms with Gasteiger partial charge in [0.2, 0.25) is 0 Å². The average molecular weight is 376 g/mol. The third kappa shape index (κ3) is 4.91. The van der Waals surface area contributed by atoms with Crippen LogP contribution in [0.25, 0.3) is 11.6 Å². The molecule has 0 heterocycles. The van der Waals surface area contributed by atoms with E-state index in [0.717, 1.165) is 16.7 Å². The Kier molecular flexibility index (Phi) is 6.14. The van der Waals surface area contributed by atoms with Crippen molar-refractivity contribution >= 4 is 23.3 Å². The molecule has 0 unspecified atom stereocenters. The number of hydrogen-bond acceptors (Lipinski definition) is 3. The van der Waals surface area contributed by atoms with Crippen LogP contribution < -0.4 is 9.47 Å². The Morgan fingerprint density at radius 2 is 1.74 bits per heavy atom. The van der Waals surface area contributed by atoms with E-state index in [9.17, 15) is 5.26 Å². The summed E-state index contributed by atoms with van der Waals surface area (Å²) in [6.07, 6.45) is 1.82. The summed E-state index contributed by atoms with van der Waals surface area (Å²) in [5.74, 6) is 1.27. The van der Waals surface area contributed by atoms with Gasteiger partial charge in [-0.2, -0.15) is 5.26 Å². The summed E-state index contributed by atoms with van der Waals surface area (Å²) < 4.78 is 11.3. The van der Waals surface area contributed by atoms with E-state index in [1.165, 1.54) is 0 Å². The van der Waals surface area contributed by atoms with Crippen LogP contribution in [-0.4, -0.2) is 7.11 Å². The molecule has 0 aliphatic carbocycles. The summed E-state index contributed by atoms with van der Waals surface area (Å²) in [4.78, 5) is 0. The SMILES string of the molecule is COc1ccc(/C=C(/C#N)c2ccc(Cl)cc2)cc1OCc1ccccc1. The lowest BCUT2D eigenvalue weighted by atomic mass is 10.0. The normalized spacial score (nSPS) is 10.9. The summed E-state index contributed by atoms with van der Waals surface area (Å²) >= 11 is 5.93. The highest BCUT2D eigenvalue weighted by Gasteiger charge is 2.07. The number of halogens is 1. The van der Waals surface area contributed by atoms with Crippen molar-refractivity contribution in [1.29, 1.82) is 5.26 Å². The van der Waals surface area contributed by atoms with Crippen molar-refractivity contribution in [2.45, 2.75) is 6.61 Å². The predicted octanol–water partition coefficient (Wildman–Crippen LogP) is 5.99. The molecule has 0 amide bonds. The Morgan fingerprint density at radius 1 is 1.00 bits per heavy atom. The van der Waals surface area contributed by atoms with Gasteiger partial charge in [-0.05, 0) is 47.0 Å². The zero-order valence-corrected chi connectivity index (χ0v) is 15.6. The van der Waals surface area contributed by atoms with Crippen LogP contribution >= 0.6 is 11.6 Å². The molecule has 0 fully saturated rings. The molecular formula is C23H18ClNO2. The van der Waals surface area contributed by atoms with E-state index in [1.54, 1.807) is 19.2 Å². The molecule has 0 aliphatic rings. The quantitative estimate of drug-likeness (QED) is 0.392. The lowest BCUT2D eigenvalue weighted by Gasteiger charge is -2.12. The molecule has 0 atom stereocenters. The van der Waals surface area contributed by atoms with Crippen LogP contribution in [0, 0.1) is 11.3 Å². The van der Waals surface area contributed by atoms with E-state index in [2.05, 4.69) is 6.07 Å². The smallest absolute Gasteiger partial charge is 0.162 e. The van der Waals surface area contributed by atoms with E-state index in [4.69, 9.17) is 21.1 Å². The first-order valence-electron chi connectivity index (χ1n) is 8.42. The fourth-order valence-corrected chi connectivity index (χ4v) is 2.73. The van der Waals surface area contributed by atoms with E-state index in [1.807, 2.05) is 66.7 Å². The minimum absolute atomic E-state index is 0.437. The van der Waals surface area contributed by atoms with Crippen molar-refractivity contribution < 1.29 is 9.47 Å². The average Bonchev–Trinajstić information content (AvgIpc) is 2.72. The molecule has 3 aromatic carbocycles. The van der Waals surface area contributed by atoms with Gasteiger partial charge in [0.15, 0.2) is 11.5 Å². The van der Waals surface area contributed by atoms with E-state index >= 15 is 0 Å². The molecule has 4 heteroatoms. The predicted molar refractivity (Wildman–Crippen MR) is 109 cm³/mol. The van der Waals surface area contributed by atoms with Gasteiger partial charge in [-0.3, -0.25) is 0 Å². The van der Waals surface area contributed by atoms with Crippen LogP contribution in [0.2, 0.25) is 5.02 Å². The Balaban J connectivity index is 1.87. The second-order valence-electron chi connectivity index (χ2n) is 5.86. The van der Waals surface area contributed by atoms with Crippen molar-refractivity contribution in [3.8, 4) is 17.6 Å². The third-order valence-corrected chi connectivity index (χ3v) is 4.26. The maximum atomic E-state index is 9.52. The van der Waals surface area contributed by atoms with Gasteiger partial charge in [-0.25, -0.2) is 0 Å². The second kappa shape index (κ2) is 8.93. The fraction of sp³-hybridized carbons (Fsp3) is 0.0870. The molecule has 0 radical (unpaired) electrons. The van der Waals surface area contributed by atoms with Crippen molar-refractivity contribution in [3.05, 3.63) is 94.5 Å². The van der Waals surface area contributed by atoms with Crippen LogP contribution in [-0.2, 0) is 6.61 Å². The third-order valence-electron chi connectivity index (χ3n) is 4.01. The van der Waals surface area contributed by atoms with Crippen molar-refractivity contribution in [2.24, 2.45) is 0 Å². The van der Waals surface area contributed by atoms with Crippen LogP contribution in [0.4, 0.5) is 0 Å². The number of methoxy groups -OCH3 is 1. The summed E-state index contributed by atoms with van der Waals surface area (Å²) in [5, 5.41) is 10.2. The summed E-state index contributed by atoms with van der Waals surface area (Å²) in [7, 11) is 1.61. The summed E-state index contributed by atoms with van der Waals surface area (Å²) in [5.41, 5.74) is 3.28. The highest BCUT2D eigenvalue weighted by molar-refractivity contribution is 6.30. The van der Waals surface area contributed by atoms with E-state index < -0.39 is 0 Å². The molecule has 0 saturated carbocycles. The van der Waals surface area contributed by atoms with Crippen LogP contribution in [0.5, 0.6) is 11.5 Å². The molecule has 0 bridgehead atoms. The molecule has 27 heavy (non-hydrogen) atoms. The van der Waals surface area contributed by atoms with E-state index in [-0.39, 0.29) is 0 Å². The Bertz CT molecular complexity index is 974. The number of allylic oxidation sites excluding steroid dienone is 1. The Morgan fingerprint density at radius 3 is 2.41 bits per heavy atom. The molecule has 0 N–H and O–H groups in total. The monoisotopic (exact) mass is 375 g/mol. The van der Waals surface area contributed by atoms with E-state index in [0.29, 0.717) is 28.7 Å². The van der Waals surface area contributed by atoms with Gasteiger partial charge in [0.05, 0.1) is 18.8 Å². The molecule has 0 saturated heterocycles. The second-order valence-corrected chi connectivity index (χ2v) is 6.30. The Hall–Kier alpha value is -3.22.